The molecule has 0 spiro atoms. The minimum absolute atomic E-state index is 0.251. The van der Waals surface area contributed by atoms with Gasteiger partial charge in [0.25, 0.3) is 0 Å². The maximum absolute atomic E-state index is 12.4. The molecule has 1 aromatic carbocycles. The average Bonchev–Trinajstić information content (AvgIpc) is 2.97. The van der Waals surface area contributed by atoms with E-state index in [1.165, 1.54) is 0 Å². The highest BCUT2D eigenvalue weighted by molar-refractivity contribution is 6.04. The summed E-state index contributed by atoms with van der Waals surface area (Å²) in [6, 6.07) is 8.07. The zero-order valence-electron chi connectivity index (χ0n) is 15.5. The van der Waals surface area contributed by atoms with Gasteiger partial charge < -0.3 is 20.5 Å². The summed E-state index contributed by atoms with van der Waals surface area (Å²) in [5.41, 5.74) is 1.15. The number of amides is 2. The van der Waals surface area contributed by atoms with E-state index in [0.717, 1.165) is 23.0 Å². The summed E-state index contributed by atoms with van der Waals surface area (Å²) in [6.07, 6.45) is 2.68. The lowest BCUT2D eigenvalue weighted by Gasteiger charge is -2.23. The highest BCUT2D eigenvalue weighted by Crippen LogP contribution is 2.18. The molecule has 0 unspecified atom stereocenters. The Balaban J connectivity index is 1.85. The van der Waals surface area contributed by atoms with Crippen molar-refractivity contribution >= 4 is 22.7 Å². The number of para-hydroxylation sites is 1. The second-order valence-corrected chi connectivity index (χ2v) is 7.05. The quantitative estimate of drug-likeness (QED) is 0.636. The molecule has 0 radical (unpaired) electrons. The summed E-state index contributed by atoms with van der Waals surface area (Å²) in [4.78, 5) is 29.9. The molecule has 0 atom stereocenters. The van der Waals surface area contributed by atoms with Crippen LogP contribution in [0.15, 0.2) is 30.5 Å². The van der Waals surface area contributed by atoms with Crippen molar-refractivity contribution in [1.82, 2.24) is 20.5 Å². The van der Waals surface area contributed by atoms with Crippen LogP contribution in [-0.2, 0) is 16.0 Å². The maximum atomic E-state index is 12.4. The molecule has 0 aliphatic carbocycles. The van der Waals surface area contributed by atoms with Crippen molar-refractivity contribution in [2.75, 3.05) is 33.7 Å². The fourth-order valence-corrected chi connectivity index (χ4v) is 2.59. The molecule has 6 nitrogen and oxygen atoms in total. The molecule has 25 heavy (non-hydrogen) atoms. The largest absolute Gasteiger partial charge is 0.361 e. The molecule has 2 aromatic rings. The number of H-pyrrole nitrogens is 1. The highest BCUT2D eigenvalue weighted by atomic mass is 16.2. The van der Waals surface area contributed by atoms with Crippen LogP contribution in [0.25, 0.3) is 10.9 Å². The molecule has 1 heterocycles. The topological polar surface area (TPSA) is 77.2 Å². The summed E-state index contributed by atoms with van der Waals surface area (Å²) in [6.45, 7) is 5.06. The van der Waals surface area contributed by atoms with Crippen molar-refractivity contribution in [2.45, 2.75) is 20.3 Å². The van der Waals surface area contributed by atoms with Crippen LogP contribution in [0.1, 0.15) is 19.4 Å². The van der Waals surface area contributed by atoms with Crippen molar-refractivity contribution in [2.24, 2.45) is 5.41 Å². The first-order valence-corrected chi connectivity index (χ1v) is 8.58. The van der Waals surface area contributed by atoms with Crippen LogP contribution >= 0.6 is 0 Å². The van der Waals surface area contributed by atoms with E-state index >= 15 is 0 Å². The van der Waals surface area contributed by atoms with Gasteiger partial charge in [0.05, 0.1) is 0 Å². The highest BCUT2D eigenvalue weighted by Gasteiger charge is 2.35. The van der Waals surface area contributed by atoms with Crippen LogP contribution in [0, 0.1) is 5.41 Å². The maximum Gasteiger partial charge on any atom is 0.235 e. The third kappa shape index (κ3) is 4.82. The number of aromatic nitrogens is 1. The standard InChI is InChI=1S/C19H28N4O2/c1-19(2,18(25)21-11-12-23(3)4)17(24)20-10-9-14-13-22-16-8-6-5-7-15(14)16/h5-8,13,22H,9-12H2,1-4H3,(H,20,24)(H,21,25). The predicted molar refractivity (Wildman–Crippen MR) is 100 cm³/mol. The second kappa shape index (κ2) is 8.16. The van der Waals surface area contributed by atoms with Crippen molar-refractivity contribution in [3.05, 3.63) is 36.0 Å². The van der Waals surface area contributed by atoms with Gasteiger partial charge in [-0.1, -0.05) is 18.2 Å². The number of carbonyl (C=O) groups is 2. The summed E-state index contributed by atoms with van der Waals surface area (Å²) in [5, 5.41) is 6.86. The first-order valence-electron chi connectivity index (χ1n) is 8.58. The molecule has 136 valence electrons. The Morgan fingerprint density at radius 3 is 2.40 bits per heavy atom. The van der Waals surface area contributed by atoms with Gasteiger partial charge in [-0.05, 0) is 46.0 Å². The smallest absolute Gasteiger partial charge is 0.235 e. The van der Waals surface area contributed by atoms with Crippen molar-refractivity contribution in [3.8, 4) is 0 Å². The molecule has 0 fully saturated rings. The number of fused-ring (bicyclic) bond motifs is 1. The molecule has 0 aliphatic heterocycles. The van der Waals surface area contributed by atoms with Gasteiger partial charge in [0.15, 0.2) is 0 Å². The molecular weight excluding hydrogens is 316 g/mol. The summed E-state index contributed by atoms with van der Waals surface area (Å²) in [7, 11) is 3.88. The zero-order chi connectivity index (χ0) is 18.4. The molecule has 2 rings (SSSR count). The molecule has 3 N–H and O–H groups in total. The van der Waals surface area contributed by atoms with Crippen molar-refractivity contribution < 1.29 is 9.59 Å². The normalized spacial score (nSPS) is 11.7. The molecule has 6 heteroatoms. The van der Waals surface area contributed by atoms with E-state index in [2.05, 4.69) is 21.7 Å². The predicted octanol–water partition coefficient (Wildman–Crippen LogP) is 1.53. The van der Waals surface area contributed by atoms with Gasteiger partial charge in [0, 0.05) is 36.7 Å². The minimum atomic E-state index is -1.09. The molecule has 2 amide bonds. The number of hydrogen-bond donors (Lipinski definition) is 3. The first-order chi connectivity index (χ1) is 11.8. The first kappa shape index (κ1) is 19.0. The molecule has 0 saturated heterocycles. The zero-order valence-corrected chi connectivity index (χ0v) is 15.5. The van der Waals surface area contributed by atoms with E-state index in [0.29, 0.717) is 19.5 Å². The van der Waals surface area contributed by atoms with E-state index in [1.807, 2.05) is 43.4 Å². The molecular formula is C19H28N4O2. The van der Waals surface area contributed by atoms with E-state index in [4.69, 9.17) is 0 Å². The average molecular weight is 344 g/mol. The Hall–Kier alpha value is -2.34. The van der Waals surface area contributed by atoms with E-state index < -0.39 is 5.41 Å². The Morgan fingerprint density at radius 2 is 1.72 bits per heavy atom. The van der Waals surface area contributed by atoms with E-state index in [9.17, 15) is 9.59 Å². The van der Waals surface area contributed by atoms with E-state index in [-0.39, 0.29) is 11.8 Å². The van der Waals surface area contributed by atoms with Gasteiger partial charge in [0.2, 0.25) is 11.8 Å². The van der Waals surface area contributed by atoms with Crippen LogP contribution in [0.2, 0.25) is 0 Å². The SMILES string of the molecule is CN(C)CCNC(=O)C(C)(C)C(=O)NCCc1c[nH]c2ccccc12. The fourth-order valence-electron chi connectivity index (χ4n) is 2.59. The van der Waals surface area contributed by atoms with Gasteiger partial charge in [-0.25, -0.2) is 0 Å². The van der Waals surface area contributed by atoms with Crippen LogP contribution in [0.5, 0.6) is 0 Å². The third-order valence-electron chi connectivity index (χ3n) is 4.33. The number of benzene rings is 1. The van der Waals surface area contributed by atoms with Gasteiger partial charge in [0.1, 0.15) is 5.41 Å². The van der Waals surface area contributed by atoms with Crippen LogP contribution in [0.3, 0.4) is 0 Å². The summed E-state index contributed by atoms with van der Waals surface area (Å²) >= 11 is 0. The van der Waals surface area contributed by atoms with Gasteiger partial charge in [-0.15, -0.1) is 0 Å². The lowest BCUT2D eigenvalue weighted by molar-refractivity contribution is -0.141. The van der Waals surface area contributed by atoms with Gasteiger partial charge in [-0.3, -0.25) is 9.59 Å². The monoisotopic (exact) mass is 344 g/mol. The van der Waals surface area contributed by atoms with E-state index in [1.54, 1.807) is 13.8 Å². The number of rotatable bonds is 8. The number of aromatic amines is 1. The molecule has 0 aliphatic rings. The number of carbonyl (C=O) groups excluding carboxylic acids is 2. The van der Waals surface area contributed by atoms with Crippen LogP contribution < -0.4 is 10.6 Å². The fraction of sp³-hybridized carbons (Fsp3) is 0.474. The minimum Gasteiger partial charge on any atom is -0.361 e. The summed E-state index contributed by atoms with van der Waals surface area (Å²) in [5.74, 6) is -0.506. The molecule has 1 aromatic heterocycles. The lowest BCUT2D eigenvalue weighted by atomic mass is 9.91. The van der Waals surface area contributed by atoms with Gasteiger partial charge in [-0.2, -0.15) is 0 Å². The van der Waals surface area contributed by atoms with Gasteiger partial charge >= 0.3 is 0 Å². The number of nitrogens with one attached hydrogen (secondary N) is 3. The van der Waals surface area contributed by atoms with Crippen molar-refractivity contribution in [3.63, 3.8) is 0 Å². The van der Waals surface area contributed by atoms with Crippen molar-refractivity contribution in [1.29, 1.82) is 0 Å². The Labute approximate surface area is 149 Å². The van der Waals surface area contributed by atoms with Crippen LogP contribution in [0.4, 0.5) is 0 Å². The lowest BCUT2D eigenvalue weighted by Crippen LogP contribution is -2.49. The van der Waals surface area contributed by atoms with Crippen LogP contribution in [-0.4, -0.2) is 55.4 Å². The third-order valence-corrected chi connectivity index (χ3v) is 4.33. The summed E-state index contributed by atoms with van der Waals surface area (Å²) < 4.78 is 0. The Morgan fingerprint density at radius 1 is 1.08 bits per heavy atom. The Kier molecular flexibility index (Phi) is 6.20. The molecule has 0 bridgehead atoms. The Bertz CT molecular complexity index is 734. The molecule has 0 saturated carbocycles. The number of hydrogen-bond acceptors (Lipinski definition) is 3. The second-order valence-electron chi connectivity index (χ2n) is 7.05. The number of nitrogens with zero attached hydrogens (tertiary/aromatic N) is 1. The number of likely N-dealkylation sites (N-methyl/N-ethyl adjacent to an activating group) is 1.